The van der Waals surface area contributed by atoms with Gasteiger partial charge in [-0.1, -0.05) is 25.1 Å². The lowest BCUT2D eigenvalue weighted by Gasteiger charge is -2.58. The molecule has 3 heterocycles. The SMILES string of the molecule is CCC(=O)N(c1ccccc1)C1C2CC3CC(C2)CN1C3. The number of para-hydroxylation sites is 1. The third-order valence-electron chi connectivity index (χ3n) is 5.59. The quantitative estimate of drug-likeness (QED) is 0.851. The summed E-state index contributed by atoms with van der Waals surface area (Å²) >= 11 is 0. The molecule has 3 heteroatoms. The van der Waals surface area contributed by atoms with Crippen molar-refractivity contribution in [2.24, 2.45) is 17.8 Å². The van der Waals surface area contributed by atoms with E-state index in [1.807, 2.05) is 25.1 Å². The van der Waals surface area contributed by atoms with Crippen LogP contribution in [0.4, 0.5) is 5.69 Å². The molecule has 1 aliphatic carbocycles. The molecule has 4 fully saturated rings. The molecule has 1 aromatic rings. The van der Waals surface area contributed by atoms with Crippen LogP contribution in [0.15, 0.2) is 30.3 Å². The highest BCUT2D eigenvalue weighted by Crippen LogP contribution is 2.48. The number of carbonyl (C=O) groups excluding carboxylic acids is 1. The first-order chi connectivity index (χ1) is 10.3. The normalized spacial score (nSPS) is 36.7. The number of hydrogen-bond acceptors (Lipinski definition) is 2. The molecule has 3 atom stereocenters. The lowest BCUT2D eigenvalue weighted by molar-refractivity contribution is -0.124. The molecule has 0 aromatic heterocycles. The molecule has 4 bridgehead atoms. The van der Waals surface area contributed by atoms with E-state index in [1.165, 1.54) is 32.4 Å². The third-order valence-corrected chi connectivity index (χ3v) is 5.59. The van der Waals surface area contributed by atoms with Gasteiger partial charge in [0, 0.05) is 25.2 Å². The summed E-state index contributed by atoms with van der Waals surface area (Å²) in [5.41, 5.74) is 1.07. The highest BCUT2D eigenvalue weighted by molar-refractivity contribution is 5.93. The van der Waals surface area contributed by atoms with Gasteiger partial charge in [-0.25, -0.2) is 0 Å². The summed E-state index contributed by atoms with van der Waals surface area (Å²) in [6.07, 6.45) is 4.94. The minimum Gasteiger partial charge on any atom is -0.296 e. The zero-order valence-corrected chi connectivity index (χ0v) is 12.7. The van der Waals surface area contributed by atoms with Gasteiger partial charge in [-0.15, -0.1) is 0 Å². The molecule has 1 amide bonds. The van der Waals surface area contributed by atoms with Gasteiger partial charge in [0.25, 0.3) is 0 Å². The van der Waals surface area contributed by atoms with E-state index in [0.29, 0.717) is 18.5 Å². The van der Waals surface area contributed by atoms with Crippen molar-refractivity contribution in [3.8, 4) is 0 Å². The molecule has 3 saturated heterocycles. The molecule has 5 rings (SSSR count). The zero-order chi connectivity index (χ0) is 14.4. The summed E-state index contributed by atoms with van der Waals surface area (Å²) in [4.78, 5) is 17.3. The summed E-state index contributed by atoms with van der Waals surface area (Å²) in [5, 5.41) is 0. The second-order valence-electron chi connectivity index (χ2n) is 7.02. The molecule has 21 heavy (non-hydrogen) atoms. The molecule has 0 radical (unpaired) electrons. The number of rotatable bonds is 3. The predicted octanol–water partition coefficient (Wildman–Crippen LogP) is 3.12. The summed E-state index contributed by atoms with van der Waals surface area (Å²) in [6, 6.07) is 10.3. The van der Waals surface area contributed by atoms with Gasteiger partial charge in [0.05, 0.1) is 6.17 Å². The molecule has 0 spiro atoms. The van der Waals surface area contributed by atoms with Crippen molar-refractivity contribution in [3.05, 3.63) is 30.3 Å². The Balaban J connectivity index is 1.69. The Bertz CT molecular complexity index is 499. The first kappa shape index (κ1) is 13.3. The highest BCUT2D eigenvalue weighted by atomic mass is 16.2. The van der Waals surface area contributed by atoms with E-state index in [2.05, 4.69) is 21.9 Å². The Kier molecular flexibility index (Phi) is 3.26. The Morgan fingerprint density at radius 3 is 2.38 bits per heavy atom. The van der Waals surface area contributed by atoms with Crippen LogP contribution in [0.5, 0.6) is 0 Å². The van der Waals surface area contributed by atoms with Crippen molar-refractivity contribution in [2.75, 3.05) is 18.0 Å². The molecular weight excluding hydrogens is 260 g/mol. The molecule has 112 valence electrons. The fourth-order valence-electron chi connectivity index (χ4n) is 4.99. The van der Waals surface area contributed by atoms with Crippen LogP contribution in [0.3, 0.4) is 0 Å². The Labute approximate surface area is 126 Å². The molecule has 1 aromatic carbocycles. The number of benzene rings is 1. The van der Waals surface area contributed by atoms with Crippen LogP contribution in [0.25, 0.3) is 0 Å². The molecule has 3 aliphatic heterocycles. The van der Waals surface area contributed by atoms with Crippen LogP contribution in [0.1, 0.15) is 32.6 Å². The van der Waals surface area contributed by atoms with Crippen molar-refractivity contribution >= 4 is 11.6 Å². The molecular formula is C18H24N2O. The number of hydrogen-bond donors (Lipinski definition) is 0. The monoisotopic (exact) mass is 284 g/mol. The average Bonchev–Trinajstić information content (AvgIpc) is 2.50. The van der Waals surface area contributed by atoms with Gasteiger partial charge in [0.1, 0.15) is 0 Å². The topological polar surface area (TPSA) is 23.6 Å². The number of piperidine rings is 3. The van der Waals surface area contributed by atoms with Crippen molar-refractivity contribution < 1.29 is 4.79 Å². The maximum atomic E-state index is 12.6. The average molecular weight is 284 g/mol. The Hall–Kier alpha value is -1.35. The smallest absolute Gasteiger partial charge is 0.228 e. The first-order valence-electron chi connectivity index (χ1n) is 8.37. The minimum absolute atomic E-state index is 0.263. The van der Waals surface area contributed by atoms with Crippen LogP contribution in [-0.2, 0) is 4.79 Å². The fraction of sp³-hybridized carbons (Fsp3) is 0.611. The largest absolute Gasteiger partial charge is 0.296 e. The molecule has 4 aliphatic rings. The Morgan fingerprint density at radius 1 is 1.14 bits per heavy atom. The van der Waals surface area contributed by atoms with Crippen LogP contribution in [0, 0.1) is 17.8 Å². The molecule has 1 saturated carbocycles. The molecule has 3 nitrogen and oxygen atoms in total. The van der Waals surface area contributed by atoms with Gasteiger partial charge >= 0.3 is 0 Å². The van der Waals surface area contributed by atoms with Gasteiger partial charge in [-0.3, -0.25) is 14.6 Å². The van der Waals surface area contributed by atoms with E-state index in [0.717, 1.165) is 17.5 Å². The summed E-state index contributed by atoms with van der Waals surface area (Å²) in [7, 11) is 0. The summed E-state index contributed by atoms with van der Waals surface area (Å²) < 4.78 is 0. The minimum atomic E-state index is 0.263. The summed E-state index contributed by atoms with van der Waals surface area (Å²) in [6.45, 7) is 4.36. The van der Waals surface area contributed by atoms with Crippen molar-refractivity contribution in [3.63, 3.8) is 0 Å². The van der Waals surface area contributed by atoms with Crippen LogP contribution < -0.4 is 4.90 Å². The second-order valence-corrected chi connectivity index (χ2v) is 7.02. The molecule has 0 N–H and O–H groups in total. The number of amides is 1. The van der Waals surface area contributed by atoms with E-state index in [-0.39, 0.29) is 5.91 Å². The van der Waals surface area contributed by atoms with Gasteiger partial charge in [0.15, 0.2) is 0 Å². The fourth-order valence-corrected chi connectivity index (χ4v) is 4.99. The summed E-state index contributed by atoms with van der Waals surface area (Å²) in [5.74, 6) is 2.70. The van der Waals surface area contributed by atoms with Gasteiger partial charge in [-0.2, -0.15) is 0 Å². The molecule has 3 unspecified atom stereocenters. The van der Waals surface area contributed by atoms with Crippen molar-refractivity contribution in [2.45, 2.75) is 38.8 Å². The van der Waals surface area contributed by atoms with E-state index in [4.69, 9.17) is 0 Å². The lowest BCUT2D eigenvalue weighted by atomic mass is 9.66. The van der Waals surface area contributed by atoms with E-state index in [1.54, 1.807) is 0 Å². The number of anilines is 1. The van der Waals surface area contributed by atoms with E-state index in [9.17, 15) is 4.79 Å². The third kappa shape index (κ3) is 2.18. The standard InChI is InChI=1S/C18H24N2O/c1-2-17(21)20(16-6-4-3-5-7-16)18-15-9-13-8-14(10-15)12-19(18)11-13/h3-7,13-15,18H,2,8-12H2,1H3. The highest BCUT2D eigenvalue weighted by Gasteiger charge is 2.50. The zero-order valence-electron chi connectivity index (χ0n) is 12.7. The lowest BCUT2D eigenvalue weighted by Crippen LogP contribution is -2.66. The van der Waals surface area contributed by atoms with E-state index >= 15 is 0 Å². The van der Waals surface area contributed by atoms with Crippen molar-refractivity contribution in [1.29, 1.82) is 0 Å². The maximum absolute atomic E-state index is 12.6. The Morgan fingerprint density at radius 2 is 1.81 bits per heavy atom. The second kappa shape index (κ2) is 5.13. The van der Waals surface area contributed by atoms with E-state index < -0.39 is 0 Å². The predicted molar refractivity (Wildman–Crippen MR) is 83.9 cm³/mol. The van der Waals surface area contributed by atoms with Gasteiger partial charge in [0.2, 0.25) is 5.91 Å². The van der Waals surface area contributed by atoms with Gasteiger partial charge < -0.3 is 0 Å². The van der Waals surface area contributed by atoms with Crippen LogP contribution >= 0.6 is 0 Å². The van der Waals surface area contributed by atoms with Gasteiger partial charge in [-0.05, 0) is 49.1 Å². The number of nitrogens with zero attached hydrogens (tertiary/aromatic N) is 2. The number of carbonyl (C=O) groups is 1. The van der Waals surface area contributed by atoms with Crippen LogP contribution in [-0.4, -0.2) is 30.1 Å². The van der Waals surface area contributed by atoms with Crippen LogP contribution in [0.2, 0.25) is 0 Å². The van der Waals surface area contributed by atoms with Crippen molar-refractivity contribution in [1.82, 2.24) is 4.90 Å². The first-order valence-corrected chi connectivity index (χ1v) is 8.37. The maximum Gasteiger partial charge on any atom is 0.228 e.